The zero-order chi connectivity index (χ0) is 16.2. The van der Waals surface area contributed by atoms with E-state index in [-0.39, 0.29) is 11.4 Å². The summed E-state index contributed by atoms with van der Waals surface area (Å²) in [5.74, 6) is 0.450. The molecular weight excluding hydrogens is 295 g/mol. The summed E-state index contributed by atoms with van der Waals surface area (Å²) in [5.41, 5.74) is 2.24. The first-order valence-electron chi connectivity index (χ1n) is 7.31. The Bertz CT molecular complexity index is 872. The fourth-order valence-corrected chi connectivity index (χ4v) is 2.43. The third kappa shape index (κ3) is 3.57. The monoisotopic (exact) mass is 312 g/mol. The van der Waals surface area contributed by atoms with Gasteiger partial charge in [0, 0.05) is 24.7 Å². The first kappa shape index (κ1) is 15.2. The molecule has 0 unspecified atom stereocenters. The number of ether oxygens (including phenoxy) is 1. The van der Waals surface area contributed by atoms with Crippen LogP contribution in [0, 0.1) is 5.82 Å². The van der Waals surface area contributed by atoms with Gasteiger partial charge in [0.1, 0.15) is 11.6 Å². The lowest BCUT2D eigenvalue weighted by Crippen LogP contribution is -2.20. The summed E-state index contributed by atoms with van der Waals surface area (Å²) in [4.78, 5) is 15.0. The van der Waals surface area contributed by atoms with Gasteiger partial charge >= 0.3 is 0 Å². The predicted molar refractivity (Wildman–Crippen MR) is 88.1 cm³/mol. The van der Waals surface area contributed by atoms with Crippen molar-refractivity contribution in [1.82, 2.24) is 10.3 Å². The Kier molecular flexibility index (Phi) is 4.39. The van der Waals surface area contributed by atoms with Crippen LogP contribution < -0.4 is 15.6 Å². The minimum Gasteiger partial charge on any atom is -0.497 e. The molecule has 23 heavy (non-hydrogen) atoms. The van der Waals surface area contributed by atoms with Gasteiger partial charge in [0.15, 0.2) is 0 Å². The van der Waals surface area contributed by atoms with Crippen LogP contribution in [-0.2, 0) is 13.1 Å². The van der Waals surface area contributed by atoms with E-state index in [2.05, 4.69) is 10.3 Å². The lowest BCUT2D eigenvalue weighted by atomic mass is 10.1. The van der Waals surface area contributed by atoms with Crippen molar-refractivity contribution in [3.8, 4) is 5.75 Å². The molecule has 2 N–H and O–H groups in total. The Morgan fingerprint density at radius 3 is 2.61 bits per heavy atom. The summed E-state index contributed by atoms with van der Waals surface area (Å²) in [5, 5.41) is 4.15. The number of hydrogen-bond donors (Lipinski definition) is 2. The number of fused-ring (bicyclic) bond motifs is 1. The van der Waals surface area contributed by atoms with E-state index in [9.17, 15) is 9.18 Å². The molecule has 118 valence electrons. The average molecular weight is 312 g/mol. The van der Waals surface area contributed by atoms with E-state index >= 15 is 0 Å². The van der Waals surface area contributed by atoms with Crippen molar-refractivity contribution in [2.24, 2.45) is 0 Å². The van der Waals surface area contributed by atoms with Gasteiger partial charge in [-0.3, -0.25) is 4.79 Å². The molecule has 2 aromatic carbocycles. The van der Waals surface area contributed by atoms with E-state index in [0.29, 0.717) is 24.4 Å². The summed E-state index contributed by atoms with van der Waals surface area (Å²) < 4.78 is 18.0. The molecule has 5 heteroatoms. The van der Waals surface area contributed by atoms with Crippen molar-refractivity contribution < 1.29 is 9.13 Å². The van der Waals surface area contributed by atoms with Crippen LogP contribution >= 0.6 is 0 Å². The van der Waals surface area contributed by atoms with Gasteiger partial charge in [-0.15, -0.1) is 0 Å². The van der Waals surface area contributed by atoms with Gasteiger partial charge in [-0.05, 0) is 41.3 Å². The van der Waals surface area contributed by atoms with Crippen molar-refractivity contribution in [1.29, 1.82) is 0 Å². The van der Waals surface area contributed by atoms with Crippen LogP contribution in [0.5, 0.6) is 5.75 Å². The quantitative estimate of drug-likeness (QED) is 0.761. The van der Waals surface area contributed by atoms with Crippen molar-refractivity contribution in [2.75, 3.05) is 7.11 Å². The smallest absolute Gasteiger partial charge is 0.252 e. The minimum atomic E-state index is -0.254. The SMILES string of the molecule is COc1ccc2cc(CNCc3ccc(F)cc3)c(=O)[nH]c2c1. The summed E-state index contributed by atoms with van der Waals surface area (Å²) >= 11 is 0. The molecule has 0 atom stereocenters. The van der Waals surface area contributed by atoms with Crippen molar-refractivity contribution >= 4 is 10.9 Å². The van der Waals surface area contributed by atoms with Crippen LogP contribution in [0.15, 0.2) is 53.3 Å². The second kappa shape index (κ2) is 6.62. The Labute approximate surface area is 132 Å². The number of benzene rings is 2. The normalized spacial score (nSPS) is 10.9. The summed E-state index contributed by atoms with van der Waals surface area (Å²) in [6.07, 6.45) is 0. The van der Waals surface area contributed by atoms with Gasteiger partial charge < -0.3 is 15.0 Å². The number of halogens is 1. The molecule has 0 amide bonds. The molecule has 0 bridgehead atoms. The Morgan fingerprint density at radius 1 is 1.09 bits per heavy atom. The lowest BCUT2D eigenvalue weighted by Gasteiger charge is -2.07. The number of hydrogen-bond acceptors (Lipinski definition) is 3. The number of pyridine rings is 1. The lowest BCUT2D eigenvalue weighted by molar-refractivity contribution is 0.415. The molecule has 0 radical (unpaired) electrons. The minimum absolute atomic E-state index is 0.127. The first-order valence-corrected chi connectivity index (χ1v) is 7.31. The average Bonchev–Trinajstić information content (AvgIpc) is 2.56. The largest absolute Gasteiger partial charge is 0.497 e. The van der Waals surface area contributed by atoms with E-state index < -0.39 is 0 Å². The van der Waals surface area contributed by atoms with E-state index in [1.54, 1.807) is 25.3 Å². The van der Waals surface area contributed by atoms with Gasteiger partial charge in [0.05, 0.1) is 12.6 Å². The molecule has 3 aromatic rings. The van der Waals surface area contributed by atoms with Crippen LogP contribution in [0.1, 0.15) is 11.1 Å². The van der Waals surface area contributed by atoms with E-state index in [1.807, 2.05) is 18.2 Å². The van der Waals surface area contributed by atoms with Crippen LogP contribution in [0.2, 0.25) is 0 Å². The Hall–Kier alpha value is -2.66. The molecule has 0 fully saturated rings. The van der Waals surface area contributed by atoms with Crippen molar-refractivity contribution in [2.45, 2.75) is 13.1 Å². The maximum absolute atomic E-state index is 12.9. The van der Waals surface area contributed by atoms with Crippen LogP contribution in [0.4, 0.5) is 4.39 Å². The highest BCUT2D eigenvalue weighted by molar-refractivity contribution is 5.80. The van der Waals surface area contributed by atoms with Crippen molar-refractivity contribution in [3.05, 3.63) is 75.8 Å². The number of methoxy groups -OCH3 is 1. The summed E-state index contributed by atoms with van der Waals surface area (Å²) in [6, 6.07) is 13.7. The predicted octanol–water partition coefficient (Wildman–Crippen LogP) is 2.97. The van der Waals surface area contributed by atoms with E-state index in [0.717, 1.165) is 16.5 Å². The molecule has 4 nitrogen and oxygen atoms in total. The Morgan fingerprint density at radius 2 is 1.87 bits per heavy atom. The topological polar surface area (TPSA) is 54.1 Å². The number of aromatic amines is 1. The highest BCUT2D eigenvalue weighted by Crippen LogP contribution is 2.18. The third-order valence-electron chi connectivity index (χ3n) is 3.69. The van der Waals surface area contributed by atoms with Gasteiger partial charge in [-0.2, -0.15) is 0 Å². The van der Waals surface area contributed by atoms with E-state index in [4.69, 9.17) is 4.74 Å². The molecule has 0 spiro atoms. The summed E-state index contributed by atoms with van der Waals surface area (Å²) in [6.45, 7) is 1.01. The number of H-pyrrole nitrogens is 1. The molecule has 0 aliphatic carbocycles. The van der Waals surface area contributed by atoms with Crippen molar-refractivity contribution in [3.63, 3.8) is 0 Å². The number of aromatic nitrogens is 1. The Balaban J connectivity index is 1.73. The van der Waals surface area contributed by atoms with Gasteiger partial charge in [-0.1, -0.05) is 12.1 Å². The molecule has 0 saturated carbocycles. The standard InChI is InChI=1S/C18H17FN2O2/c1-23-16-7-4-13-8-14(18(22)21-17(13)9-16)11-20-10-12-2-5-15(19)6-3-12/h2-9,20H,10-11H2,1H3,(H,21,22). The second-order valence-electron chi connectivity index (χ2n) is 5.31. The molecule has 1 aromatic heterocycles. The first-order chi connectivity index (χ1) is 11.2. The molecule has 0 aliphatic heterocycles. The summed E-state index contributed by atoms with van der Waals surface area (Å²) in [7, 11) is 1.59. The van der Waals surface area contributed by atoms with E-state index in [1.165, 1.54) is 12.1 Å². The fraction of sp³-hybridized carbons (Fsp3) is 0.167. The molecular formula is C18H17FN2O2. The molecule has 0 saturated heterocycles. The maximum Gasteiger partial charge on any atom is 0.252 e. The molecule has 1 heterocycles. The second-order valence-corrected chi connectivity index (χ2v) is 5.31. The highest BCUT2D eigenvalue weighted by Gasteiger charge is 2.04. The van der Waals surface area contributed by atoms with Gasteiger partial charge in [0.2, 0.25) is 0 Å². The van der Waals surface area contributed by atoms with Gasteiger partial charge in [0.25, 0.3) is 5.56 Å². The fourth-order valence-electron chi connectivity index (χ4n) is 2.43. The van der Waals surface area contributed by atoms with Gasteiger partial charge in [-0.25, -0.2) is 4.39 Å². The molecule has 3 rings (SSSR count). The highest BCUT2D eigenvalue weighted by atomic mass is 19.1. The number of nitrogens with one attached hydrogen (secondary N) is 2. The third-order valence-corrected chi connectivity index (χ3v) is 3.69. The maximum atomic E-state index is 12.9. The van der Waals surface area contributed by atoms with Crippen LogP contribution in [0.3, 0.4) is 0 Å². The van der Waals surface area contributed by atoms with Crippen LogP contribution in [-0.4, -0.2) is 12.1 Å². The zero-order valence-corrected chi connectivity index (χ0v) is 12.7. The molecule has 0 aliphatic rings. The number of rotatable bonds is 5. The zero-order valence-electron chi connectivity index (χ0n) is 12.7. The van der Waals surface area contributed by atoms with Crippen LogP contribution in [0.25, 0.3) is 10.9 Å².